The largest absolute Gasteiger partial charge is 0.405 e. The number of alkyl halides is 5. The highest BCUT2D eigenvalue weighted by atomic mass is 32.1. The van der Waals surface area contributed by atoms with Crippen molar-refractivity contribution in [3.8, 4) is 6.07 Å². The van der Waals surface area contributed by atoms with Gasteiger partial charge in [0.05, 0.1) is 6.54 Å². The lowest BCUT2D eigenvalue weighted by molar-refractivity contribution is -0.135. The van der Waals surface area contributed by atoms with E-state index in [1.165, 1.54) is 18.3 Å². The molecule has 0 aliphatic carbocycles. The maximum Gasteiger partial charge on any atom is 0.405 e. The van der Waals surface area contributed by atoms with Crippen LogP contribution in [0.1, 0.15) is 19.8 Å². The number of nitriles is 1. The summed E-state index contributed by atoms with van der Waals surface area (Å²) in [5, 5.41) is 16.4. The molecule has 2 amide bonds. The van der Waals surface area contributed by atoms with Crippen molar-refractivity contribution in [3.05, 3.63) is 37.7 Å². The topological polar surface area (TPSA) is 132 Å². The van der Waals surface area contributed by atoms with Crippen molar-refractivity contribution in [2.75, 3.05) is 36.8 Å². The summed E-state index contributed by atoms with van der Waals surface area (Å²) in [5.41, 5.74) is -1.22. The zero-order chi connectivity index (χ0) is 28.8. The first-order chi connectivity index (χ1) is 18.3. The molecule has 0 aromatic carbocycles. The van der Waals surface area contributed by atoms with Crippen LogP contribution < -0.4 is 30.7 Å². The molecule has 2 aromatic rings. The Morgan fingerprint density at radius 1 is 1.23 bits per heavy atom. The van der Waals surface area contributed by atoms with Crippen molar-refractivity contribution in [1.82, 2.24) is 19.8 Å². The van der Waals surface area contributed by atoms with Gasteiger partial charge in [-0.15, -0.1) is 11.3 Å². The van der Waals surface area contributed by atoms with Crippen LogP contribution in [0.5, 0.6) is 0 Å². The molecule has 210 valence electrons. The SMILES string of the molecule is CCn1c(=C(C#N)C(=O)NCC(F)(F)F)sc(=CNc2cccc(NC(=O)CN3CCC(F)(F)CC3)n2)c1=O. The molecule has 0 saturated carbocycles. The third kappa shape index (κ3) is 8.32. The van der Waals surface area contributed by atoms with E-state index in [4.69, 9.17) is 0 Å². The van der Waals surface area contributed by atoms with E-state index in [9.17, 15) is 41.6 Å². The number of aromatic nitrogens is 2. The van der Waals surface area contributed by atoms with Crippen LogP contribution in [0.15, 0.2) is 23.0 Å². The van der Waals surface area contributed by atoms with Crippen molar-refractivity contribution in [1.29, 1.82) is 5.26 Å². The van der Waals surface area contributed by atoms with E-state index in [0.717, 1.165) is 15.9 Å². The van der Waals surface area contributed by atoms with Gasteiger partial charge in [-0.25, -0.2) is 13.8 Å². The molecule has 1 aliphatic rings. The molecule has 3 N–H and O–H groups in total. The van der Waals surface area contributed by atoms with Crippen LogP contribution in [0.4, 0.5) is 33.6 Å². The molecule has 3 heterocycles. The number of halogens is 5. The van der Waals surface area contributed by atoms with Gasteiger partial charge >= 0.3 is 6.18 Å². The molecule has 0 radical (unpaired) electrons. The van der Waals surface area contributed by atoms with Crippen LogP contribution in [-0.4, -0.2) is 64.5 Å². The Morgan fingerprint density at radius 2 is 1.90 bits per heavy atom. The van der Waals surface area contributed by atoms with Crippen molar-refractivity contribution >= 4 is 46.6 Å². The van der Waals surface area contributed by atoms with Crippen LogP contribution in [0.3, 0.4) is 0 Å². The number of hydrogen-bond acceptors (Lipinski definition) is 8. The van der Waals surface area contributed by atoms with Gasteiger partial charge in [-0.05, 0) is 19.1 Å². The number of rotatable bonds is 8. The molecular formula is C23H24F5N7O3S. The maximum atomic E-state index is 13.3. The summed E-state index contributed by atoms with van der Waals surface area (Å²) in [6, 6.07) is 6.17. The summed E-state index contributed by atoms with van der Waals surface area (Å²) in [6.07, 6.45) is -4.05. The molecule has 10 nitrogen and oxygen atoms in total. The standard InChI is InChI=1S/C23H24F5N7O3S/c1-2-35-20(38)15(39-21(35)14(10-29)19(37)31-13-23(26,27)28)11-30-16-4-3-5-17(32-16)33-18(36)12-34-8-6-22(24,25)7-9-34/h3-5,11H,2,6-9,12-13H2,1H3,(H,31,37)(H2,30,32,33,36). The first-order valence-corrected chi connectivity index (χ1v) is 12.5. The minimum Gasteiger partial charge on any atom is -0.345 e. The molecular weight excluding hydrogens is 549 g/mol. The number of nitrogens with one attached hydrogen (secondary N) is 3. The lowest BCUT2D eigenvalue weighted by Crippen LogP contribution is -2.43. The van der Waals surface area contributed by atoms with E-state index in [1.54, 1.807) is 29.3 Å². The Bertz CT molecular complexity index is 1440. The number of amides is 2. The number of carbonyl (C=O) groups is 2. The molecule has 1 saturated heterocycles. The van der Waals surface area contributed by atoms with Crippen molar-refractivity contribution in [3.63, 3.8) is 0 Å². The predicted octanol–water partition coefficient (Wildman–Crippen LogP) is 1.20. The molecule has 1 aliphatic heterocycles. The Kier molecular flexibility index (Phi) is 9.41. The molecule has 39 heavy (non-hydrogen) atoms. The summed E-state index contributed by atoms with van der Waals surface area (Å²) in [7, 11) is 0. The van der Waals surface area contributed by atoms with Crippen molar-refractivity contribution in [2.45, 2.75) is 38.4 Å². The summed E-state index contributed by atoms with van der Waals surface area (Å²) in [5.74, 6) is -4.04. The summed E-state index contributed by atoms with van der Waals surface area (Å²) < 4.78 is 65.0. The number of hydrogen-bond donors (Lipinski definition) is 3. The van der Waals surface area contributed by atoms with E-state index in [1.807, 2.05) is 0 Å². The maximum absolute atomic E-state index is 13.3. The van der Waals surface area contributed by atoms with Gasteiger partial charge in [0.1, 0.15) is 33.4 Å². The minimum atomic E-state index is -4.68. The fourth-order valence-corrected chi connectivity index (χ4v) is 4.69. The van der Waals surface area contributed by atoms with Crippen molar-refractivity contribution < 1.29 is 31.5 Å². The van der Waals surface area contributed by atoms with Gasteiger partial charge in [0.2, 0.25) is 5.91 Å². The Balaban J connectivity index is 1.76. The van der Waals surface area contributed by atoms with Gasteiger partial charge in [-0.1, -0.05) is 6.07 Å². The fourth-order valence-electron chi connectivity index (χ4n) is 3.61. The monoisotopic (exact) mass is 573 g/mol. The van der Waals surface area contributed by atoms with Crippen molar-refractivity contribution in [2.24, 2.45) is 0 Å². The van der Waals surface area contributed by atoms with Gasteiger partial charge in [-0.2, -0.15) is 18.4 Å². The van der Waals surface area contributed by atoms with Crippen LogP contribution in [0, 0.1) is 11.3 Å². The quantitative estimate of drug-likeness (QED) is 0.405. The van der Waals surface area contributed by atoms with Crippen LogP contribution >= 0.6 is 11.3 Å². The molecule has 0 atom stereocenters. The number of pyridine rings is 1. The number of piperidine rings is 1. The molecule has 0 bridgehead atoms. The van der Waals surface area contributed by atoms with Gasteiger partial charge in [-0.3, -0.25) is 23.9 Å². The third-order valence-electron chi connectivity index (χ3n) is 5.55. The smallest absolute Gasteiger partial charge is 0.345 e. The third-order valence-corrected chi connectivity index (χ3v) is 6.68. The highest BCUT2D eigenvalue weighted by Gasteiger charge is 2.34. The average molecular weight is 574 g/mol. The Hall–Kier alpha value is -3.84. The number of thiazole rings is 1. The van der Waals surface area contributed by atoms with E-state index >= 15 is 0 Å². The highest BCUT2D eigenvalue weighted by molar-refractivity contribution is 7.07. The van der Waals surface area contributed by atoms with E-state index in [-0.39, 0.29) is 59.9 Å². The summed E-state index contributed by atoms with van der Waals surface area (Å²) in [4.78, 5) is 43.1. The first-order valence-electron chi connectivity index (χ1n) is 11.6. The lowest BCUT2D eigenvalue weighted by Gasteiger charge is -2.30. The lowest BCUT2D eigenvalue weighted by atomic mass is 10.1. The predicted molar refractivity (Wildman–Crippen MR) is 133 cm³/mol. The highest BCUT2D eigenvalue weighted by Crippen LogP contribution is 2.27. The van der Waals surface area contributed by atoms with Gasteiger partial charge in [0.15, 0.2) is 5.57 Å². The Labute approximate surface area is 222 Å². The molecule has 0 unspecified atom stereocenters. The molecule has 2 aromatic heterocycles. The van der Waals surface area contributed by atoms with Crippen LogP contribution in [0.2, 0.25) is 0 Å². The number of likely N-dealkylation sites (tertiary alicyclic amines) is 1. The van der Waals surface area contributed by atoms with Gasteiger partial charge < -0.3 is 16.0 Å². The number of nitrogens with zero attached hydrogens (tertiary/aromatic N) is 4. The average Bonchev–Trinajstić information content (AvgIpc) is 3.17. The number of anilines is 2. The second-order valence-electron chi connectivity index (χ2n) is 8.48. The second kappa shape index (κ2) is 12.3. The second-order valence-corrected chi connectivity index (χ2v) is 9.51. The number of carbonyl (C=O) groups excluding carboxylic acids is 2. The van der Waals surface area contributed by atoms with Gasteiger partial charge in [0, 0.05) is 38.7 Å². The zero-order valence-electron chi connectivity index (χ0n) is 20.6. The van der Waals surface area contributed by atoms with Crippen LogP contribution in [-0.2, 0) is 16.1 Å². The summed E-state index contributed by atoms with van der Waals surface area (Å²) in [6.45, 7) is 0.0935. The minimum absolute atomic E-state index is 0.0429. The summed E-state index contributed by atoms with van der Waals surface area (Å²) >= 11 is 0.733. The van der Waals surface area contributed by atoms with Crippen LogP contribution in [0.25, 0.3) is 11.8 Å². The molecule has 0 spiro atoms. The zero-order valence-corrected chi connectivity index (χ0v) is 21.4. The molecule has 3 rings (SSSR count). The first kappa shape index (κ1) is 29.7. The van der Waals surface area contributed by atoms with E-state index < -0.39 is 41.6 Å². The Morgan fingerprint density at radius 3 is 2.51 bits per heavy atom. The van der Waals surface area contributed by atoms with E-state index in [2.05, 4.69) is 15.6 Å². The normalized spacial score (nSPS) is 16.8. The fraction of sp³-hybridized carbons (Fsp3) is 0.435. The molecule has 1 fully saturated rings. The van der Waals surface area contributed by atoms with E-state index in [0.29, 0.717) is 0 Å². The van der Waals surface area contributed by atoms with Gasteiger partial charge in [0.25, 0.3) is 17.4 Å². The molecule has 16 heteroatoms.